The Morgan fingerprint density at radius 1 is 1.07 bits per heavy atom. The van der Waals surface area contributed by atoms with Gasteiger partial charge in [-0.2, -0.15) is 18.3 Å². The van der Waals surface area contributed by atoms with E-state index in [-0.39, 0.29) is 24.8 Å². The van der Waals surface area contributed by atoms with Crippen LogP contribution in [0, 0.1) is 5.82 Å². The number of rotatable bonds is 8. The molecule has 1 saturated heterocycles. The maximum Gasteiger partial charge on any atom is 0.423 e. The predicted molar refractivity (Wildman–Crippen MR) is 155 cm³/mol. The Morgan fingerprint density at radius 2 is 1.72 bits per heavy atom. The van der Waals surface area contributed by atoms with E-state index in [1.165, 1.54) is 17.0 Å². The molecular weight excluding hydrogens is 588 g/mol. The van der Waals surface area contributed by atoms with Gasteiger partial charge in [-0.05, 0) is 38.9 Å². The fourth-order valence-corrected chi connectivity index (χ4v) is 5.73. The van der Waals surface area contributed by atoms with Crippen LogP contribution in [0.1, 0.15) is 50.3 Å². The Hall–Kier alpha value is -3.13. The molecule has 14 heteroatoms. The Bertz CT molecular complexity index is 1380. The summed E-state index contributed by atoms with van der Waals surface area (Å²) in [4.78, 5) is 28.2. The lowest BCUT2D eigenvalue weighted by molar-refractivity contribution is -0.138. The largest absolute Gasteiger partial charge is 0.490 e. The molecule has 2 aromatic rings. The van der Waals surface area contributed by atoms with Crippen molar-refractivity contribution in [1.29, 1.82) is 0 Å². The molecule has 0 unspecified atom stereocenters. The number of ether oxygens (including phenoxy) is 3. The van der Waals surface area contributed by atoms with Crippen LogP contribution in [0.4, 0.5) is 28.0 Å². The topological polar surface area (TPSA) is 86.1 Å². The predicted octanol–water partition coefficient (Wildman–Crippen LogP) is 6.01. The van der Waals surface area contributed by atoms with Gasteiger partial charge in [0.25, 0.3) is 5.56 Å². The molecule has 238 valence electrons. The third-order valence-electron chi connectivity index (χ3n) is 7.27. The van der Waals surface area contributed by atoms with E-state index in [0.29, 0.717) is 48.5 Å². The van der Waals surface area contributed by atoms with Gasteiger partial charge < -0.3 is 24.0 Å². The number of nitrogens with zero attached hydrogens (tertiary/aromatic N) is 4. The summed E-state index contributed by atoms with van der Waals surface area (Å²) in [5, 5.41) is 3.96. The van der Waals surface area contributed by atoms with E-state index in [9.17, 15) is 27.2 Å². The first-order chi connectivity index (χ1) is 19.9. The molecule has 4 rings (SSSR count). The number of alkyl halides is 3. The number of halogens is 4. The molecule has 0 aliphatic carbocycles. The number of carbonyl (C=O) groups is 1. The summed E-state index contributed by atoms with van der Waals surface area (Å²) in [5.41, 5.74) is -3.11. The van der Waals surface area contributed by atoms with E-state index in [2.05, 4.69) is 24.7 Å². The summed E-state index contributed by atoms with van der Waals surface area (Å²) in [6, 6.07) is 3.49. The van der Waals surface area contributed by atoms with Crippen molar-refractivity contribution in [3.63, 3.8) is 0 Å². The zero-order valence-electron chi connectivity index (χ0n) is 25.5. The number of anilines is 1. The normalized spacial score (nSPS) is 16.4. The summed E-state index contributed by atoms with van der Waals surface area (Å²) in [7, 11) is -1.43. The third-order valence-corrected chi connectivity index (χ3v) is 8.98. The van der Waals surface area contributed by atoms with E-state index in [0.717, 1.165) is 12.2 Å². The molecule has 1 amide bonds. The van der Waals surface area contributed by atoms with Gasteiger partial charge >= 0.3 is 12.3 Å². The minimum Gasteiger partial charge on any atom is -0.490 e. The summed E-state index contributed by atoms with van der Waals surface area (Å²) in [6.07, 6.45) is -3.64. The van der Waals surface area contributed by atoms with Gasteiger partial charge in [0.1, 0.15) is 35.6 Å². The van der Waals surface area contributed by atoms with Gasteiger partial charge in [0.15, 0.2) is 0 Å². The maximum atomic E-state index is 14.9. The third kappa shape index (κ3) is 8.28. The van der Waals surface area contributed by atoms with E-state index in [1.54, 1.807) is 25.7 Å². The van der Waals surface area contributed by atoms with Crippen molar-refractivity contribution in [3.05, 3.63) is 51.2 Å². The first-order valence-corrected chi connectivity index (χ1v) is 18.1. The molecule has 0 saturated carbocycles. The monoisotopic (exact) mass is 628 g/mol. The molecule has 0 atom stereocenters. The number of fused-ring (bicyclic) bond motifs is 1. The average Bonchev–Trinajstić information content (AvgIpc) is 3.33. The molecule has 0 spiro atoms. The van der Waals surface area contributed by atoms with Gasteiger partial charge in [0.2, 0.25) is 0 Å². The van der Waals surface area contributed by atoms with Crippen LogP contribution in [-0.2, 0) is 35.5 Å². The van der Waals surface area contributed by atoms with Gasteiger partial charge in [-0.15, -0.1) is 0 Å². The van der Waals surface area contributed by atoms with Crippen LogP contribution in [0.3, 0.4) is 0 Å². The van der Waals surface area contributed by atoms with Gasteiger partial charge in [-0.3, -0.25) is 4.79 Å². The zero-order valence-corrected chi connectivity index (χ0v) is 26.5. The van der Waals surface area contributed by atoms with Crippen LogP contribution in [-0.4, -0.2) is 60.2 Å². The second kappa shape index (κ2) is 12.5. The number of amides is 1. The lowest BCUT2D eigenvalue weighted by Gasteiger charge is -2.33. The quantitative estimate of drug-likeness (QED) is 0.201. The molecule has 2 aliphatic heterocycles. The highest BCUT2D eigenvalue weighted by atomic mass is 28.3. The molecule has 9 nitrogen and oxygen atoms in total. The molecule has 3 heterocycles. The molecule has 1 aromatic carbocycles. The molecule has 43 heavy (non-hydrogen) atoms. The minimum atomic E-state index is -4.97. The van der Waals surface area contributed by atoms with Crippen LogP contribution in [0.25, 0.3) is 0 Å². The first-order valence-electron chi connectivity index (χ1n) is 14.4. The number of likely N-dealkylation sites (tertiary alicyclic amines) is 1. The summed E-state index contributed by atoms with van der Waals surface area (Å²) in [6.45, 7) is 12.3. The molecule has 2 aliphatic rings. The SMILES string of the molecule is CC(C)(C)OC(=O)N1CCC(Oc2ccc(F)c3c2CN(c2cnn(COCC[Si](C)(C)C)c(=O)c2C(F)(F)F)C3)CC1. The molecule has 0 N–H and O–H groups in total. The van der Waals surface area contributed by atoms with Crippen molar-refractivity contribution >= 4 is 19.9 Å². The van der Waals surface area contributed by atoms with Crippen LogP contribution >= 0.6 is 0 Å². The van der Waals surface area contributed by atoms with Crippen molar-refractivity contribution < 1.29 is 36.6 Å². The minimum absolute atomic E-state index is 0.0971. The molecular formula is C29H40F4N4O5Si. The fraction of sp³-hybridized carbons (Fsp3) is 0.621. The zero-order chi connectivity index (χ0) is 31.7. The Kier molecular flexibility index (Phi) is 9.50. The highest BCUT2D eigenvalue weighted by Crippen LogP contribution is 2.40. The number of hydrogen-bond donors (Lipinski definition) is 0. The number of hydrogen-bond acceptors (Lipinski definition) is 7. The summed E-state index contributed by atoms with van der Waals surface area (Å²) in [5.74, 6) is -0.212. The van der Waals surface area contributed by atoms with E-state index in [1.807, 2.05) is 0 Å². The standard InChI is InChI=1S/C29H40F4N4O5Si/c1-28(2,3)42-27(39)35-11-9-19(10-12-35)41-24-8-7-22(30)20-16-36(17-21(20)24)23-15-34-37(18-40-13-14-43(4,5)6)26(38)25(23)29(31,32)33/h7-8,15,19H,9-14,16-18H2,1-6H3. The summed E-state index contributed by atoms with van der Waals surface area (Å²) >= 11 is 0. The van der Waals surface area contributed by atoms with Crippen molar-refractivity contribution in [2.45, 2.75) is 97.0 Å². The van der Waals surface area contributed by atoms with Crippen molar-refractivity contribution in [1.82, 2.24) is 14.7 Å². The van der Waals surface area contributed by atoms with E-state index < -0.39 is 55.3 Å². The lowest BCUT2D eigenvalue weighted by Crippen LogP contribution is -2.44. The number of benzene rings is 1. The lowest BCUT2D eigenvalue weighted by atomic mass is 10.1. The number of aromatic nitrogens is 2. The van der Waals surface area contributed by atoms with Crippen LogP contribution in [0.15, 0.2) is 23.1 Å². The molecule has 1 aromatic heterocycles. The first kappa shape index (κ1) is 32.8. The fourth-order valence-electron chi connectivity index (χ4n) is 4.98. The maximum absolute atomic E-state index is 14.9. The van der Waals surface area contributed by atoms with Crippen molar-refractivity contribution in [3.8, 4) is 5.75 Å². The molecule has 1 fully saturated rings. The summed E-state index contributed by atoms with van der Waals surface area (Å²) < 4.78 is 75.3. The Labute approximate surface area is 249 Å². The van der Waals surface area contributed by atoms with Crippen LogP contribution in [0.5, 0.6) is 5.75 Å². The molecule has 0 radical (unpaired) electrons. The van der Waals surface area contributed by atoms with Gasteiger partial charge in [0.05, 0.1) is 11.9 Å². The Balaban J connectivity index is 1.49. The van der Waals surface area contributed by atoms with E-state index in [4.69, 9.17) is 14.2 Å². The van der Waals surface area contributed by atoms with Gasteiger partial charge in [0, 0.05) is 64.8 Å². The number of piperidine rings is 1. The van der Waals surface area contributed by atoms with Crippen LogP contribution < -0.4 is 15.2 Å². The van der Waals surface area contributed by atoms with Crippen molar-refractivity contribution in [2.24, 2.45) is 0 Å². The Morgan fingerprint density at radius 3 is 2.33 bits per heavy atom. The second-order valence-corrected chi connectivity index (χ2v) is 18.8. The van der Waals surface area contributed by atoms with E-state index >= 15 is 0 Å². The smallest absolute Gasteiger partial charge is 0.423 e. The highest BCUT2D eigenvalue weighted by molar-refractivity contribution is 6.76. The second-order valence-electron chi connectivity index (χ2n) is 13.2. The van der Waals surface area contributed by atoms with Gasteiger partial charge in [-0.1, -0.05) is 19.6 Å². The molecule has 0 bridgehead atoms. The highest BCUT2D eigenvalue weighted by Gasteiger charge is 2.41. The average molecular weight is 629 g/mol. The number of carbonyl (C=O) groups excluding carboxylic acids is 1. The van der Waals surface area contributed by atoms with Crippen LogP contribution in [0.2, 0.25) is 25.7 Å². The van der Waals surface area contributed by atoms with Gasteiger partial charge in [-0.25, -0.2) is 13.9 Å². The van der Waals surface area contributed by atoms with Crippen molar-refractivity contribution in [2.75, 3.05) is 24.6 Å².